The van der Waals surface area contributed by atoms with Gasteiger partial charge < -0.3 is 21.1 Å². The highest BCUT2D eigenvalue weighted by molar-refractivity contribution is 5.67. The molecule has 0 radical (unpaired) electrons. The van der Waals surface area contributed by atoms with E-state index in [9.17, 15) is 4.79 Å². The van der Waals surface area contributed by atoms with E-state index in [0.29, 0.717) is 19.6 Å². The Morgan fingerprint density at radius 3 is 2.47 bits per heavy atom. The van der Waals surface area contributed by atoms with Crippen molar-refractivity contribution in [3.05, 3.63) is 0 Å². The average Bonchev–Trinajstić information content (AvgIpc) is 2.09. The molecule has 0 fully saturated rings. The molecule has 4 N–H and O–H groups in total. The van der Waals surface area contributed by atoms with Crippen LogP contribution in [0.2, 0.25) is 0 Å². The van der Waals surface area contributed by atoms with Crippen LogP contribution in [0, 0.1) is 0 Å². The molecule has 0 bridgehead atoms. The number of hydrogen-bond acceptors (Lipinski definition) is 4. The Balaban J connectivity index is 3.48. The van der Waals surface area contributed by atoms with Gasteiger partial charge in [-0.1, -0.05) is 0 Å². The van der Waals surface area contributed by atoms with Crippen molar-refractivity contribution in [1.29, 1.82) is 0 Å². The number of ether oxygens (including phenoxy) is 1. The van der Waals surface area contributed by atoms with Gasteiger partial charge in [0.05, 0.1) is 0 Å². The number of nitrogens with two attached hydrogens (primary N) is 1. The molecule has 0 saturated heterocycles. The van der Waals surface area contributed by atoms with Crippen LogP contribution >= 0.6 is 0 Å². The maximum absolute atomic E-state index is 11.2. The molecule has 0 saturated carbocycles. The Bertz CT molecular complexity index is 190. The highest BCUT2D eigenvalue weighted by Gasteiger charge is 2.15. The molecule has 0 rings (SSSR count). The molecule has 5 nitrogen and oxygen atoms in total. The Kier molecular flexibility index (Phi) is 6.27. The molecule has 1 amide bonds. The van der Waals surface area contributed by atoms with Gasteiger partial charge in [-0.3, -0.25) is 0 Å². The third kappa shape index (κ3) is 9.49. The molecular formula is C10H23N3O2. The van der Waals surface area contributed by atoms with Gasteiger partial charge in [0.15, 0.2) is 0 Å². The van der Waals surface area contributed by atoms with Gasteiger partial charge in [-0.25, -0.2) is 4.79 Å². The lowest BCUT2D eigenvalue weighted by Gasteiger charge is -2.20. The number of rotatable bonds is 5. The first-order valence-electron chi connectivity index (χ1n) is 5.25. The number of amides is 1. The molecular weight excluding hydrogens is 194 g/mol. The highest BCUT2D eigenvalue weighted by atomic mass is 16.6. The van der Waals surface area contributed by atoms with E-state index in [1.165, 1.54) is 0 Å². The summed E-state index contributed by atoms with van der Waals surface area (Å²) in [5, 5.41) is 5.81. The second kappa shape index (κ2) is 6.63. The Hall–Kier alpha value is -0.810. The predicted octanol–water partition coefficient (Wildman–Crippen LogP) is 0.448. The monoisotopic (exact) mass is 217 g/mol. The summed E-state index contributed by atoms with van der Waals surface area (Å²) < 4.78 is 5.07. The molecule has 0 aliphatic heterocycles. The molecule has 0 aliphatic rings. The van der Waals surface area contributed by atoms with Gasteiger partial charge >= 0.3 is 6.09 Å². The van der Waals surface area contributed by atoms with Crippen LogP contribution in [0.25, 0.3) is 0 Å². The second-order valence-corrected chi connectivity index (χ2v) is 4.52. The zero-order valence-corrected chi connectivity index (χ0v) is 10.1. The van der Waals surface area contributed by atoms with E-state index in [0.717, 1.165) is 0 Å². The minimum atomic E-state index is -0.442. The molecule has 5 heteroatoms. The first-order chi connectivity index (χ1) is 6.85. The standard InChI is InChI=1S/C10H23N3O2/c1-8(7-11)12-5-6-13-9(14)15-10(2,3)4/h8,12H,5-7,11H2,1-4H3,(H,13,14). The summed E-state index contributed by atoms with van der Waals surface area (Å²) in [4.78, 5) is 11.2. The molecule has 0 aromatic carbocycles. The van der Waals surface area contributed by atoms with Crippen molar-refractivity contribution in [1.82, 2.24) is 10.6 Å². The first kappa shape index (κ1) is 14.2. The summed E-state index contributed by atoms with van der Waals surface area (Å²) in [5.74, 6) is 0. The SMILES string of the molecule is CC(CN)NCCNC(=O)OC(C)(C)C. The minimum absolute atomic E-state index is 0.269. The molecule has 1 atom stereocenters. The highest BCUT2D eigenvalue weighted by Crippen LogP contribution is 2.05. The van der Waals surface area contributed by atoms with E-state index in [2.05, 4.69) is 10.6 Å². The number of carbonyl (C=O) groups is 1. The zero-order chi connectivity index (χ0) is 11.9. The molecule has 0 aromatic rings. The number of carbonyl (C=O) groups excluding carboxylic acids is 1. The van der Waals surface area contributed by atoms with E-state index < -0.39 is 5.60 Å². The summed E-state index contributed by atoms with van der Waals surface area (Å²) in [7, 11) is 0. The van der Waals surface area contributed by atoms with Crippen LogP contribution in [0.5, 0.6) is 0 Å². The topological polar surface area (TPSA) is 76.4 Å². The predicted molar refractivity (Wildman–Crippen MR) is 60.8 cm³/mol. The normalized spacial score (nSPS) is 13.4. The molecule has 0 aliphatic carbocycles. The lowest BCUT2D eigenvalue weighted by molar-refractivity contribution is 0.0528. The molecule has 90 valence electrons. The fourth-order valence-corrected chi connectivity index (χ4v) is 0.881. The maximum Gasteiger partial charge on any atom is 0.407 e. The van der Waals surface area contributed by atoms with Crippen LogP contribution in [0.15, 0.2) is 0 Å². The van der Waals surface area contributed by atoms with Crippen LogP contribution in [0.3, 0.4) is 0 Å². The van der Waals surface area contributed by atoms with Crippen molar-refractivity contribution >= 4 is 6.09 Å². The quantitative estimate of drug-likeness (QED) is 0.584. The van der Waals surface area contributed by atoms with Crippen LogP contribution in [0.4, 0.5) is 4.79 Å². The third-order valence-corrected chi connectivity index (χ3v) is 1.64. The van der Waals surface area contributed by atoms with E-state index >= 15 is 0 Å². The van der Waals surface area contributed by atoms with E-state index in [-0.39, 0.29) is 12.1 Å². The van der Waals surface area contributed by atoms with Gasteiger partial charge in [-0.05, 0) is 27.7 Å². The van der Waals surface area contributed by atoms with Gasteiger partial charge in [0, 0.05) is 25.7 Å². The molecule has 15 heavy (non-hydrogen) atoms. The Labute approximate surface area is 91.7 Å². The number of nitrogens with one attached hydrogen (secondary N) is 2. The second-order valence-electron chi connectivity index (χ2n) is 4.52. The van der Waals surface area contributed by atoms with Gasteiger partial charge in [0.1, 0.15) is 5.60 Å². The third-order valence-electron chi connectivity index (χ3n) is 1.64. The summed E-state index contributed by atoms with van der Waals surface area (Å²) in [6.07, 6.45) is -0.385. The van der Waals surface area contributed by atoms with Gasteiger partial charge in [0.2, 0.25) is 0 Å². The largest absolute Gasteiger partial charge is 0.444 e. The first-order valence-corrected chi connectivity index (χ1v) is 5.25. The Morgan fingerprint density at radius 1 is 1.40 bits per heavy atom. The van der Waals surface area contributed by atoms with E-state index in [1.807, 2.05) is 27.7 Å². The number of hydrogen-bond donors (Lipinski definition) is 3. The van der Waals surface area contributed by atoms with Crippen LogP contribution in [-0.2, 0) is 4.74 Å². The van der Waals surface area contributed by atoms with Crippen LogP contribution < -0.4 is 16.4 Å². The lowest BCUT2D eigenvalue weighted by Crippen LogP contribution is -2.40. The lowest BCUT2D eigenvalue weighted by atomic mass is 10.2. The fraction of sp³-hybridized carbons (Fsp3) is 0.900. The van der Waals surface area contributed by atoms with Crippen molar-refractivity contribution in [3.8, 4) is 0 Å². The van der Waals surface area contributed by atoms with Crippen molar-refractivity contribution in [2.24, 2.45) is 5.73 Å². The zero-order valence-electron chi connectivity index (χ0n) is 10.1. The summed E-state index contributed by atoms with van der Waals surface area (Å²) in [6.45, 7) is 9.32. The minimum Gasteiger partial charge on any atom is -0.444 e. The summed E-state index contributed by atoms with van der Waals surface area (Å²) in [6, 6.07) is 0.269. The van der Waals surface area contributed by atoms with E-state index in [4.69, 9.17) is 10.5 Å². The molecule has 0 spiro atoms. The van der Waals surface area contributed by atoms with Gasteiger partial charge in [0.25, 0.3) is 0 Å². The van der Waals surface area contributed by atoms with Crippen molar-refractivity contribution in [3.63, 3.8) is 0 Å². The maximum atomic E-state index is 11.2. The molecule has 0 heterocycles. The van der Waals surface area contributed by atoms with Crippen LogP contribution in [-0.4, -0.2) is 37.4 Å². The summed E-state index contributed by atoms with van der Waals surface area (Å²) in [5.41, 5.74) is 4.98. The average molecular weight is 217 g/mol. The van der Waals surface area contributed by atoms with Gasteiger partial charge in [-0.2, -0.15) is 0 Å². The van der Waals surface area contributed by atoms with Crippen molar-refractivity contribution in [2.45, 2.75) is 39.3 Å². The van der Waals surface area contributed by atoms with Crippen molar-refractivity contribution in [2.75, 3.05) is 19.6 Å². The molecule has 1 unspecified atom stereocenters. The molecule has 0 aromatic heterocycles. The Morgan fingerprint density at radius 2 is 2.00 bits per heavy atom. The van der Waals surface area contributed by atoms with E-state index in [1.54, 1.807) is 0 Å². The van der Waals surface area contributed by atoms with Crippen molar-refractivity contribution < 1.29 is 9.53 Å². The summed E-state index contributed by atoms with van der Waals surface area (Å²) >= 11 is 0. The van der Waals surface area contributed by atoms with Crippen LogP contribution in [0.1, 0.15) is 27.7 Å². The number of alkyl carbamates (subject to hydrolysis) is 1. The van der Waals surface area contributed by atoms with Gasteiger partial charge in [-0.15, -0.1) is 0 Å². The fourth-order valence-electron chi connectivity index (χ4n) is 0.881. The smallest absolute Gasteiger partial charge is 0.407 e.